The van der Waals surface area contributed by atoms with Crippen molar-refractivity contribution in [2.45, 2.75) is 38.9 Å². The first kappa shape index (κ1) is 18.4. The van der Waals surface area contributed by atoms with Gasteiger partial charge in [-0.15, -0.1) is 0 Å². The van der Waals surface area contributed by atoms with Crippen LogP contribution in [0.4, 0.5) is 0 Å². The van der Waals surface area contributed by atoms with E-state index in [1.165, 1.54) is 0 Å². The molecule has 4 rings (SSSR count). The van der Waals surface area contributed by atoms with Crippen LogP contribution in [-0.2, 0) is 4.65 Å². The van der Waals surface area contributed by atoms with Crippen LogP contribution >= 0.6 is 11.6 Å². The lowest BCUT2D eigenvalue weighted by Gasteiger charge is -2.37. The molecule has 0 radical (unpaired) electrons. The van der Waals surface area contributed by atoms with Crippen LogP contribution in [0.1, 0.15) is 27.7 Å². The summed E-state index contributed by atoms with van der Waals surface area (Å²) in [6, 6.07) is 16.2. The number of benzene rings is 3. The number of aliphatic hydroxyl groups is 1. The van der Waals surface area contributed by atoms with E-state index in [9.17, 15) is 5.11 Å². The van der Waals surface area contributed by atoms with E-state index in [2.05, 4.69) is 24.3 Å². The van der Waals surface area contributed by atoms with Gasteiger partial charge in [-0.1, -0.05) is 41.9 Å². The fourth-order valence-corrected chi connectivity index (χ4v) is 3.50. The fraction of sp³-hybridized carbons (Fsp3) is 0.273. The average Bonchev–Trinajstić information content (AvgIpc) is 2.98. The monoisotopic (exact) mass is 380 g/mol. The van der Waals surface area contributed by atoms with Gasteiger partial charge < -0.3 is 14.2 Å². The number of hydrogen-bond donors (Lipinski definition) is 1. The first-order valence-corrected chi connectivity index (χ1v) is 9.44. The minimum Gasteiger partial charge on any atom is -0.455 e. The molecule has 27 heavy (non-hydrogen) atoms. The van der Waals surface area contributed by atoms with Crippen LogP contribution in [0.5, 0.6) is 0 Å². The van der Waals surface area contributed by atoms with Crippen molar-refractivity contribution in [2.75, 3.05) is 0 Å². The third-order valence-corrected chi connectivity index (χ3v) is 5.85. The Balaban J connectivity index is 1.80. The first-order valence-electron chi connectivity index (χ1n) is 9.06. The van der Waals surface area contributed by atoms with Crippen molar-refractivity contribution < 1.29 is 14.2 Å². The molecule has 0 atom stereocenters. The second kappa shape index (κ2) is 6.27. The summed E-state index contributed by atoms with van der Waals surface area (Å²) >= 11 is 6.61. The molecule has 0 aliphatic carbocycles. The minimum absolute atomic E-state index is 0.338. The van der Waals surface area contributed by atoms with Gasteiger partial charge in [0.15, 0.2) is 0 Å². The van der Waals surface area contributed by atoms with Gasteiger partial charge in [0.05, 0.1) is 16.2 Å². The smallest absolute Gasteiger partial charge is 0.309 e. The number of rotatable bonds is 4. The zero-order valence-corrected chi connectivity index (χ0v) is 16.7. The summed E-state index contributed by atoms with van der Waals surface area (Å²) in [6.07, 6.45) is 0. The van der Waals surface area contributed by atoms with Crippen molar-refractivity contribution in [1.29, 1.82) is 0 Å². The Morgan fingerprint density at radius 3 is 2.48 bits per heavy atom. The molecule has 138 valence electrons. The zero-order chi connectivity index (χ0) is 19.4. The molecular weight excluding hydrogens is 359 g/mol. The Bertz CT molecular complexity index is 1160. The minimum atomic E-state index is -0.959. The van der Waals surface area contributed by atoms with Crippen LogP contribution in [0.3, 0.4) is 0 Å². The maximum Gasteiger partial charge on any atom is 0.309 e. The Morgan fingerprint density at radius 1 is 1.00 bits per heavy atom. The van der Waals surface area contributed by atoms with Crippen molar-refractivity contribution in [3.05, 3.63) is 53.6 Å². The van der Waals surface area contributed by atoms with Crippen molar-refractivity contribution in [2.24, 2.45) is 0 Å². The average molecular weight is 381 g/mol. The summed E-state index contributed by atoms with van der Waals surface area (Å²) in [4.78, 5) is 0. The molecule has 0 saturated carbocycles. The van der Waals surface area contributed by atoms with Crippen molar-refractivity contribution in [1.82, 2.24) is 0 Å². The summed E-state index contributed by atoms with van der Waals surface area (Å²) in [7, 11) is 0.338. The van der Waals surface area contributed by atoms with Crippen LogP contribution in [0.15, 0.2) is 52.9 Å². The third-order valence-electron chi connectivity index (χ3n) is 5.55. The highest BCUT2D eigenvalue weighted by Crippen LogP contribution is 2.37. The second-order valence-corrected chi connectivity index (χ2v) is 8.48. The van der Waals surface area contributed by atoms with Gasteiger partial charge >= 0.3 is 7.48 Å². The van der Waals surface area contributed by atoms with Gasteiger partial charge in [-0.2, -0.15) is 0 Å². The van der Waals surface area contributed by atoms with E-state index in [0.29, 0.717) is 12.5 Å². The number of hydrogen-bond acceptors (Lipinski definition) is 3. The molecule has 3 aromatic carbocycles. The van der Waals surface area contributed by atoms with Gasteiger partial charge in [0.2, 0.25) is 0 Å². The first-order chi connectivity index (χ1) is 12.7. The van der Waals surface area contributed by atoms with Crippen LogP contribution in [0.25, 0.3) is 32.7 Å². The van der Waals surface area contributed by atoms with E-state index in [1.54, 1.807) is 13.8 Å². The van der Waals surface area contributed by atoms with Gasteiger partial charge in [-0.25, -0.2) is 0 Å². The molecule has 5 heteroatoms. The van der Waals surface area contributed by atoms with Gasteiger partial charge in [0.25, 0.3) is 0 Å². The molecule has 0 amide bonds. The van der Waals surface area contributed by atoms with E-state index in [1.807, 2.05) is 38.1 Å². The summed E-state index contributed by atoms with van der Waals surface area (Å²) in [6.45, 7) is 7.24. The molecule has 0 unspecified atom stereocenters. The molecule has 0 aliphatic heterocycles. The second-order valence-electron chi connectivity index (χ2n) is 8.07. The topological polar surface area (TPSA) is 42.6 Å². The number of fused-ring (bicyclic) bond motifs is 5. The molecular formula is C22H22BClO3. The highest BCUT2D eigenvalue weighted by Gasteiger charge is 2.35. The molecule has 0 fully saturated rings. The van der Waals surface area contributed by atoms with Crippen molar-refractivity contribution in [3.63, 3.8) is 0 Å². The molecule has 3 nitrogen and oxygen atoms in total. The Morgan fingerprint density at radius 2 is 1.74 bits per heavy atom. The molecule has 0 aliphatic rings. The van der Waals surface area contributed by atoms with Gasteiger partial charge in [0, 0.05) is 16.2 Å². The van der Waals surface area contributed by atoms with Crippen molar-refractivity contribution in [3.8, 4) is 0 Å². The largest absolute Gasteiger partial charge is 0.455 e. The molecule has 1 heterocycles. The van der Waals surface area contributed by atoms with Crippen molar-refractivity contribution >= 4 is 57.3 Å². The summed E-state index contributed by atoms with van der Waals surface area (Å²) in [5.74, 6) is 0. The molecule has 1 N–H and O–H groups in total. The maximum atomic E-state index is 10.3. The lowest BCUT2D eigenvalue weighted by molar-refractivity contribution is -0.0893. The van der Waals surface area contributed by atoms with E-state index >= 15 is 0 Å². The molecule has 1 aromatic heterocycles. The van der Waals surface area contributed by atoms with Crippen LogP contribution in [0.2, 0.25) is 5.02 Å². The zero-order valence-electron chi connectivity index (χ0n) is 16.0. The normalized spacial score (nSPS) is 13.0. The predicted octanol–water partition coefficient (Wildman–Crippen LogP) is 4.94. The predicted molar refractivity (Wildman–Crippen MR) is 114 cm³/mol. The van der Waals surface area contributed by atoms with Crippen LogP contribution in [-0.4, -0.2) is 23.8 Å². The molecule has 0 spiro atoms. The Labute approximate surface area is 164 Å². The molecule has 4 aromatic rings. The highest BCUT2D eigenvalue weighted by atomic mass is 35.5. The Kier molecular flexibility index (Phi) is 4.26. The van der Waals surface area contributed by atoms with Crippen LogP contribution in [0, 0.1) is 0 Å². The van der Waals surface area contributed by atoms with Gasteiger partial charge in [-0.05, 0) is 56.7 Å². The molecule has 0 saturated heterocycles. The highest BCUT2D eigenvalue weighted by molar-refractivity contribution is 6.49. The quantitative estimate of drug-likeness (QED) is 0.510. The summed E-state index contributed by atoms with van der Waals surface area (Å²) < 4.78 is 12.2. The van der Waals surface area contributed by atoms with Gasteiger partial charge in [-0.3, -0.25) is 0 Å². The lowest BCUT2D eigenvalue weighted by atomic mass is 9.82. The molecule has 0 bridgehead atoms. The summed E-state index contributed by atoms with van der Waals surface area (Å²) in [5.41, 5.74) is 0.846. The summed E-state index contributed by atoms with van der Waals surface area (Å²) in [5, 5.41) is 15.1. The van der Waals surface area contributed by atoms with Gasteiger partial charge in [0.1, 0.15) is 11.2 Å². The lowest BCUT2D eigenvalue weighted by Crippen LogP contribution is -2.49. The number of halogens is 1. The van der Waals surface area contributed by atoms with E-state index in [-0.39, 0.29) is 0 Å². The maximum absolute atomic E-state index is 10.3. The van der Waals surface area contributed by atoms with E-state index in [0.717, 1.165) is 38.2 Å². The van der Waals surface area contributed by atoms with Crippen LogP contribution < -0.4 is 5.46 Å². The standard InChI is InChI=1S/C22H22BClO3/c1-21(2,25)22(3,4)27-23-14-11-17(24)19-16-10-9-13-7-5-6-8-15(13)20(16)26-18(19)12-14/h5-12,23,25H,1-4H3. The van der Waals surface area contributed by atoms with E-state index < -0.39 is 11.2 Å². The Hall–Kier alpha value is -2.01. The fourth-order valence-electron chi connectivity index (χ4n) is 3.16. The number of furan rings is 1. The SMILES string of the molecule is CC(C)(O)C(C)(C)OBc1cc(Cl)c2c(c1)oc1c3ccccc3ccc12. The third kappa shape index (κ3) is 3.12. The van der Waals surface area contributed by atoms with E-state index in [4.69, 9.17) is 20.7 Å².